The van der Waals surface area contributed by atoms with E-state index in [4.69, 9.17) is 0 Å². The van der Waals surface area contributed by atoms with Gasteiger partial charge in [0.25, 0.3) is 0 Å². The number of imide groups is 1. The number of likely N-dealkylation sites (N-methyl/N-ethyl adjacent to an activating group) is 1. The van der Waals surface area contributed by atoms with Crippen molar-refractivity contribution in [2.24, 2.45) is 17.8 Å². The summed E-state index contributed by atoms with van der Waals surface area (Å²) < 4.78 is 0. The molecule has 0 saturated carbocycles. The van der Waals surface area contributed by atoms with Gasteiger partial charge < -0.3 is 4.90 Å². The highest BCUT2D eigenvalue weighted by atomic mass is 16.2. The molecule has 0 bridgehead atoms. The molecule has 0 aromatic heterocycles. The van der Waals surface area contributed by atoms with E-state index in [0.29, 0.717) is 25.8 Å². The molecule has 3 atom stereocenters. The number of hydrogen-bond donors (Lipinski definition) is 0. The van der Waals surface area contributed by atoms with Gasteiger partial charge in [0.15, 0.2) is 0 Å². The van der Waals surface area contributed by atoms with Gasteiger partial charge in [-0.3, -0.25) is 19.3 Å². The predicted octanol–water partition coefficient (Wildman–Crippen LogP) is 3.57. The maximum atomic E-state index is 13.4. The van der Waals surface area contributed by atoms with E-state index in [1.54, 1.807) is 11.9 Å². The van der Waals surface area contributed by atoms with Crippen LogP contribution in [0.2, 0.25) is 0 Å². The molecule has 1 fully saturated rings. The van der Waals surface area contributed by atoms with Crippen molar-refractivity contribution in [2.45, 2.75) is 59.0 Å². The van der Waals surface area contributed by atoms with Crippen LogP contribution in [-0.4, -0.2) is 40.6 Å². The molecule has 1 saturated heterocycles. The smallest absolute Gasteiger partial charge is 0.245 e. The minimum atomic E-state index is -0.722. The van der Waals surface area contributed by atoms with Gasteiger partial charge in [0.2, 0.25) is 17.7 Å². The fraction of sp³-hybridized carbons (Fsp3) is 0.542. The Morgan fingerprint density at radius 3 is 2.03 bits per heavy atom. The molecule has 0 radical (unpaired) electrons. The molecular formula is C24H32N2O3. The van der Waals surface area contributed by atoms with Crippen LogP contribution in [0.5, 0.6) is 0 Å². The van der Waals surface area contributed by atoms with Gasteiger partial charge in [-0.2, -0.15) is 0 Å². The number of fused-ring (bicyclic) bond motifs is 1. The molecule has 5 nitrogen and oxygen atoms in total. The Morgan fingerprint density at radius 2 is 1.55 bits per heavy atom. The number of carbonyl (C=O) groups excluding carboxylic acids is 3. The van der Waals surface area contributed by atoms with Crippen molar-refractivity contribution in [3.63, 3.8) is 0 Å². The zero-order valence-corrected chi connectivity index (χ0v) is 17.9. The van der Waals surface area contributed by atoms with Crippen molar-refractivity contribution in [2.75, 3.05) is 7.05 Å². The second kappa shape index (κ2) is 8.93. The molecule has 1 aromatic carbocycles. The first-order valence-electron chi connectivity index (χ1n) is 10.7. The summed E-state index contributed by atoms with van der Waals surface area (Å²) in [6.07, 6.45) is 6.59. The summed E-state index contributed by atoms with van der Waals surface area (Å²) in [5.74, 6) is -0.925. The van der Waals surface area contributed by atoms with Crippen LogP contribution < -0.4 is 0 Å². The van der Waals surface area contributed by atoms with E-state index < -0.39 is 6.04 Å². The molecular weight excluding hydrogens is 364 g/mol. The Labute approximate surface area is 173 Å². The van der Waals surface area contributed by atoms with E-state index in [1.807, 2.05) is 38.1 Å². The number of nitrogens with zero attached hydrogens (tertiary/aromatic N) is 2. The predicted molar refractivity (Wildman–Crippen MR) is 113 cm³/mol. The van der Waals surface area contributed by atoms with E-state index in [1.165, 1.54) is 10.5 Å². The molecule has 29 heavy (non-hydrogen) atoms. The van der Waals surface area contributed by atoms with Crippen molar-refractivity contribution in [3.8, 4) is 0 Å². The molecule has 1 aliphatic carbocycles. The van der Waals surface area contributed by atoms with Crippen LogP contribution in [0.15, 0.2) is 36.4 Å². The number of amides is 3. The first kappa shape index (κ1) is 21.3. The van der Waals surface area contributed by atoms with Gasteiger partial charge in [0, 0.05) is 13.6 Å². The third-order valence-corrected chi connectivity index (χ3v) is 6.06. The third-order valence-electron chi connectivity index (χ3n) is 6.06. The Kier molecular flexibility index (Phi) is 6.56. The number of carbonyl (C=O) groups is 3. The van der Waals surface area contributed by atoms with Gasteiger partial charge in [-0.05, 0) is 42.7 Å². The Morgan fingerprint density at radius 1 is 1.03 bits per heavy atom. The van der Waals surface area contributed by atoms with Crippen molar-refractivity contribution < 1.29 is 14.4 Å². The molecule has 3 amide bonds. The molecule has 1 aromatic rings. The molecule has 3 rings (SSSR count). The molecule has 5 heteroatoms. The number of rotatable bonds is 7. The van der Waals surface area contributed by atoms with Gasteiger partial charge in [-0.1, -0.05) is 57.2 Å². The minimum absolute atomic E-state index is 0.161. The molecule has 1 aliphatic heterocycles. The topological polar surface area (TPSA) is 57.7 Å². The molecule has 1 heterocycles. The number of aryl methyl sites for hydroxylation is 1. The SMILES string of the molecule is CCc1ccc(CN(C)C(=O)C(CC(C)C)N2C(=O)C3CC=CCC3C2=O)cc1. The summed E-state index contributed by atoms with van der Waals surface area (Å²) in [4.78, 5) is 42.4. The van der Waals surface area contributed by atoms with E-state index in [0.717, 1.165) is 12.0 Å². The summed E-state index contributed by atoms with van der Waals surface area (Å²) in [6.45, 7) is 6.60. The second-order valence-electron chi connectivity index (χ2n) is 8.71. The standard InChI is InChI=1S/C24H32N2O3/c1-5-17-10-12-18(13-11-17)15-25(4)24(29)21(14-16(2)3)26-22(27)19-8-6-7-9-20(19)23(26)28/h6-7,10-13,16,19-21H,5,8-9,14-15H2,1-4H3. The highest BCUT2D eigenvalue weighted by Crippen LogP contribution is 2.37. The van der Waals surface area contributed by atoms with E-state index >= 15 is 0 Å². The fourth-order valence-corrected chi connectivity index (χ4v) is 4.38. The van der Waals surface area contributed by atoms with Crippen molar-refractivity contribution in [1.82, 2.24) is 9.80 Å². The normalized spacial score (nSPS) is 22.2. The Bertz CT molecular complexity index is 771. The van der Waals surface area contributed by atoms with Crippen LogP contribution in [0.25, 0.3) is 0 Å². The zero-order chi connectivity index (χ0) is 21.1. The van der Waals surface area contributed by atoms with E-state index in [9.17, 15) is 14.4 Å². The fourth-order valence-electron chi connectivity index (χ4n) is 4.38. The van der Waals surface area contributed by atoms with Crippen LogP contribution in [0.1, 0.15) is 51.2 Å². The zero-order valence-electron chi connectivity index (χ0n) is 17.9. The number of likely N-dealkylation sites (tertiary alicyclic amines) is 1. The highest BCUT2D eigenvalue weighted by molar-refractivity contribution is 6.08. The lowest BCUT2D eigenvalue weighted by molar-refractivity contribution is -0.152. The lowest BCUT2D eigenvalue weighted by Crippen LogP contribution is -2.50. The molecule has 3 unspecified atom stereocenters. The van der Waals surface area contributed by atoms with Gasteiger partial charge in [0.1, 0.15) is 6.04 Å². The first-order chi connectivity index (χ1) is 13.8. The van der Waals surface area contributed by atoms with Gasteiger partial charge in [-0.25, -0.2) is 0 Å². The molecule has 0 spiro atoms. The average molecular weight is 397 g/mol. The van der Waals surface area contributed by atoms with Crippen molar-refractivity contribution in [1.29, 1.82) is 0 Å². The second-order valence-corrected chi connectivity index (χ2v) is 8.71. The molecule has 0 N–H and O–H groups in total. The Hall–Kier alpha value is -2.43. The quantitative estimate of drug-likeness (QED) is 0.523. The number of hydrogen-bond acceptors (Lipinski definition) is 3. The summed E-state index contributed by atoms with van der Waals surface area (Å²) in [5.41, 5.74) is 2.29. The van der Waals surface area contributed by atoms with Crippen LogP contribution in [0.4, 0.5) is 0 Å². The minimum Gasteiger partial charge on any atom is -0.340 e. The van der Waals surface area contributed by atoms with Gasteiger partial charge >= 0.3 is 0 Å². The van der Waals surface area contributed by atoms with Crippen molar-refractivity contribution >= 4 is 17.7 Å². The summed E-state index contributed by atoms with van der Waals surface area (Å²) in [5, 5.41) is 0. The van der Waals surface area contributed by atoms with Crippen LogP contribution >= 0.6 is 0 Å². The van der Waals surface area contributed by atoms with Gasteiger partial charge in [-0.15, -0.1) is 0 Å². The lowest BCUT2D eigenvalue weighted by Gasteiger charge is -2.31. The van der Waals surface area contributed by atoms with Crippen molar-refractivity contribution in [3.05, 3.63) is 47.5 Å². The summed E-state index contributed by atoms with van der Waals surface area (Å²) >= 11 is 0. The van der Waals surface area contributed by atoms with Crippen LogP contribution in [0.3, 0.4) is 0 Å². The number of allylic oxidation sites excluding steroid dienone is 2. The largest absolute Gasteiger partial charge is 0.340 e. The highest BCUT2D eigenvalue weighted by Gasteiger charge is 2.51. The van der Waals surface area contributed by atoms with E-state index in [2.05, 4.69) is 19.1 Å². The molecule has 2 aliphatic rings. The summed E-state index contributed by atoms with van der Waals surface area (Å²) in [6, 6.07) is 7.49. The average Bonchev–Trinajstić information content (AvgIpc) is 2.97. The lowest BCUT2D eigenvalue weighted by atomic mass is 9.85. The number of benzene rings is 1. The maximum absolute atomic E-state index is 13.4. The van der Waals surface area contributed by atoms with Crippen LogP contribution in [-0.2, 0) is 27.3 Å². The third kappa shape index (κ3) is 4.44. The van der Waals surface area contributed by atoms with E-state index in [-0.39, 0.29) is 35.5 Å². The Balaban J connectivity index is 1.79. The summed E-state index contributed by atoms with van der Waals surface area (Å²) in [7, 11) is 1.75. The van der Waals surface area contributed by atoms with Gasteiger partial charge in [0.05, 0.1) is 11.8 Å². The monoisotopic (exact) mass is 396 g/mol. The first-order valence-corrected chi connectivity index (χ1v) is 10.7. The molecule has 156 valence electrons. The maximum Gasteiger partial charge on any atom is 0.245 e. The van der Waals surface area contributed by atoms with Crippen LogP contribution in [0, 0.1) is 17.8 Å².